The zero-order valence-corrected chi connectivity index (χ0v) is 12.5. The number of hydrogen-bond acceptors (Lipinski definition) is 1. The smallest absolute Gasteiger partial charge is 0.224 e. The first kappa shape index (κ1) is 13.9. The first-order valence-corrected chi connectivity index (χ1v) is 8.28. The van der Waals surface area contributed by atoms with Crippen LogP contribution in [0.5, 0.6) is 0 Å². The number of fused-ring (bicyclic) bond motifs is 3. The highest BCUT2D eigenvalue weighted by atomic mass is 35.5. The highest BCUT2D eigenvalue weighted by Gasteiger charge is 2.56. The lowest BCUT2D eigenvalue weighted by Gasteiger charge is -2.13. The molecule has 1 aromatic rings. The van der Waals surface area contributed by atoms with Gasteiger partial charge in [-0.25, -0.2) is 0 Å². The van der Waals surface area contributed by atoms with E-state index in [0.29, 0.717) is 11.8 Å². The Labute approximate surface area is 125 Å². The zero-order chi connectivity index (χ0) is 13.9. The fourth-order valence-corrected chi connectivity index (χ4v) is 3.84. The monoisotopic (exact) mass is 291 g/mol. The number of carbonyl (C=O) groups is 1. The van der Waals surface area contributed by atoms with Crippen LogP contribution in [0.1, 0.15) is 42.7 Å². The molecular formula is C17H22ClNO. The third-order valence-corrected chi connectivity index (χ3v) is 5.01. The molecule has 3 atom stereocenters. The van der Waals surface area contributed by atoms with E-state index in [2.05, 4.69) is 29.6 Å². The van der Waals surface area contributed by atoms with Crippen molar-refractivity contribution in [3.63, 3.8) is 0 Å². The predicted molar refractivity (Wildman–Crippen MR) is 82.1 cm³/mol. The standard InChI is InChI=1S/C17H22ClNO/c18-10-4-1-5-11-19-17(20)16-14-9-8-12-6-2-3-7-13(12)15(14)16/h2-3,6-7,14-16H,1,4-5,8-11H2,(H,19,20). The highest BCUT2D eigenvalue weighted by Crippen LogP contribution is 2.59. The Balaban J connectivity index is 1.52. The molecule has 20 heavy (non-hydrogen) atoms. The third-order valence-electron chi connectivity index (χ3n) is 4.74. The van der Waals surface area contributed by atoms with Gasteiger partial charge in [-0.2, -0.15) is 0 Å². The fraction of sp³-hybridized carbons (Fsp3) is 0.588. The molecule has 1 fully saturated rings. The lowest BCUT2D eigenvalue weighted by atomic mass is 9.92. The Morgan fingerprint density at radius 1 is 1.25 bits per heavy atom. The summed E-state index contributed by atoms with van der Waals surface area (Å²) in [5.41, 5.74) is 2.87. The SMILES string of the molecule is O=C(NCCCCCCl)C1C2CCc3ccccc3C21. The first-order valence-electron chi connectivity index (χ1n) is 7.74. The number of aryl methyl sites for hydroxylation is 1. The molecular weight excluding hydrogens is 270 g/mol. The Morgan fingerprint density at radius 2 is 2.10 bits per heavy atom. The van der Waals surface area contributed by atoms with Crippen molar-refractivity contribution in [2.24, 2.45) is 11.8 Å². The predicted octanol–water partition coefficient (Wildman–Crippen LogP) is 3.49. The molecule has 2 nitrogen and oxygen atoms in total. The van der Waals surface area contributed by atoms with E-state index in [0.717, 1.165) is 38.1 Å². The maximum atomic E-state index is 12.3. The number of hydrogen-bond donors (Lipinski definition) is 1. The van der Waals surface area contributed by atoms with Gasteiger partial charge in [0, 0.05) is 18.3 Å². The second-order valence-corrected chi connectivity index (χ2v) is 6.37. The quantitative estimate of drug-likeness (QED) is 0.631. The summed E-state index contributed by atoms with van der Waals surface area (Å²) in [6.07, 6.45) is 5.49. The van der Waals surface area contributed by atoms with Crippen LogP contribution in [-0.4, -0.2) is 18.3 Å². The summed E-state index contributed by atoms with van der Waals surface area (Å²) in [7, 11) is 0. The maximum absolute atomic E-state index is 12.3. The number of nitrogens with one attached hydrogen (secondary N) is 1. The van der Waals surface area contributed by atoms with E-state index in [-0.39, 0.29) is 11.8 Å². The lowest BCUT2D eigenvalue weighted by molar-refractivity contribution is -0.122. The normalized spacial score (nSPS) is 26.6. The minimum atomic E-state index is 0.228. The minimum absolute atomic E-state index is 0.228. The molecule has 3 unspecified atom stereocenters. The molecule has 108 valence electrons. The molecule has 3 rings (SSSR count). The van der Waals surface area contributed by atoms with Crippen LogP contribution in [0, 0.1) is 11.8 Å². The second kappa shape index (κ2) is 6.17. The molecule has 0 spiro atoms. The summed E-state index contributed by atoms with van der Waals surface area (Å²) >= 11 is 5.65. The maximum Gasteiger partial charge on any atom is 0.224 e. The number of halogens is 1. The molecule has 1 saturated carbocycles. The van der Waals surface area contributed by atoms with Crippen molar-refractivity contribution in [2.45, 2.75) is 38.0 Å². The van der Waals surface area contributed by atoms with E-state index in [1.807, 2.05) is 0 Å². The van der Waals surface area contributed by atoms with Crippen LogP contribution in [0.25, 0.3) is 0 Å². The summed E-state index contributed by atoms with van der Waals surface area (Å²) in [5.74, 6) is 2.29. The molecule has 1 aromatic carbocycles. The van der Waals surface area contributed by atoms with Gasteiger partial charge >= 0.3 is 0 Å². The van der Waals surface area contributed by atoms with Gasteiger partial charge in [0.15, 0.2) is 0 Å². The molecule has 0 bridgehead atoms. The van der Waals surface area contributed by atoms with Gasteiger partial charge < -0.3 is 5.32 Å². The Kier molecular flexibility index (Phi) is 4.30. The topological polar surface area (TPSA) is 29.1 Å². The largest absolute Gasteiger partial charge is 0.356 e. The van der Waals surface area contributed by atoms with Crippen molar-refractivity contribution in [1.29, 1.82) is 0 Å². The summed E-state index contributed by atoms with van der Waals surface area (Å²) in [6, 6.07) is 8.62. The van der Waals surface area contributed by atoms with Crippen LogP contribution in [0.15, 0.2) is 24.3 Å². The van der Waals surface area contributed by atoms with Crippen molar-refractivity contribution >= 4 is 17.5 Å². The summed E-state index contributed by atoms with van der Waals surface area (Å²) in [6.45, 7) is 0.799. The minimum Gasteiger partial charge on any atom is -0.356 e. The van der Waals surface area contributed by atoms with Crippen LogP contribution >= 0.6 is 11.6 Å². The van der Waals surface area contributed by atoms with Gasteiger partial charge in [0.05, 0.1) is 0 Å². The molecule has 0 saturated heterocycles. The van der Waals surface area contributed by atoms with Crippen LogP contribution in [0.4, 0.5) is 0 Å². The van der Waals surface area contributed by atoms with E-state index in [9.17, 15) is 4.79 Å². The van der Waals surface area contributed by atoms with E-state index in [1.54, 1.807) is 0 Å². The van der Waals surface area contributed by atoms with Gasteiger partial charge in [0.2, 0.25) is 5.91 Å². The Bertz CT molecular complexity index is 488. The number of alkyl halides is 1. The van der Waals surface area contributed by atoms with Gasteiger partial charge in [-0.3, -0.25) is 4.79 Å². The van der Waals surface area contributed by atoms with Crippen LogP contribution in [-0.2, 0) is 11.2 Å². The number of amides is 1. The molecule has 2 aliphatic rings. The number of unbranched alkanes of at least 4 members (excludes halogenated alkanes) is 2. The molecule has 1 amide bonds. The van der Waals surface area contributed by atoms with Crippen molar-refractivity contribution in [3.05, 3.63) is 35.4 Å². The summed E-state index contributed by atoms with van der Waals surface area (Å²) in [5, 5.41) is 3.11. The molecule has 1 N–H and O–H groups in total. The summed E-state index contributed by atoms with van der Waals surface area (Å²) < 4.78 is 0. The Hall–Kier alpha value is -1.02. The second-order valence-electron chi connectivity index (χ2n) is 5.99. The Morgan fingerprint density at radius 3 is 2.95 bits per heavy atom. The van der Waals surface area contributed by atoms with Gasteiger partial charge in [0.25, 0.3) is 0 Å². The van der Waals surface area contributed by atoms with Crippen LogP contribution in [0.2, 0.25) is 0 Å². The molecule has 0 aliphatic heterocycles. The fourth-order valence-electron chi connectivity index (χ4n) is 3.65. The average Bonchev–Trinajstić information content (AvgIpc) is 3.22. The van der Waals surface area contributed by atoms with Gasteiger partial charge in [0.1, 0.15) is 0 Å². The van der Waals surface area contributed by atoms with E-state index >= 15 is 0 Å². The van der Waals surface area contributed by atoms with Crippen molar-refractivity contribution in [2.75, 3.05) is 12.4 Å². The third kappa shape index (κ3) is 2.71. The molecule has 0 aromatic heterocycles. The molecule has 0 heterocycles. The van der Waals surface area contributed by atoms with Gasteiger partial charge in [-0.15, -0.1) is 11.6 Å². The number of carbonyl (C=O) groups excluding carboxylic acids is 1. The van der Waals surface area contributed by atoms with Crippen molar-refractivity contribution in [1.82, 2.24) is 5.32 Å². The zero-order valence-electron chi connectivity index (χ0n) is 11.8. The number of benzene rings is 1. The van der Waals surface area contributed by atoms with Crippen LogP contribution in [0.3, 0.4) is 0 Å². The number of rotatable bonds is 6. The van der Waals surface area contributed by atoms with E-state index in [4.69, 9.17) is 11.6 Å². The van der Waals surface area contributed by atoms with Gasteiger partial charge in [-0.1, -0.05) is 30.7 Å². The summed E-state index contributed by atoms with van der Waals surface area (Å²) in [4.78, 5) is 12.3. The first-order chi connectivity index (χ1) is 9.83. The molecule has 3 heteroatoms. The van der Waals surface area contributed by atoms with E-state index < -0.39 is 0 Å². The lowest BCUT2D eigenvalue weighted by Crippen LogP contribution is -2.26. The highest BCUT2D eigenvalue weighted by molar-refractivity contribution is 6.17. The average molecular weight is 292 g/mol. The van der Waals surface area contributed by atoms with Crippen LogP contribution < -0.4 is 5.32 Å². The molecule has 0 radical (unpaired) electrons. The van der Waals surface area contributed by atoms with Crippen molar-refractivity contribution in [3.8, 4) is 0 Å². The van der Waals surface area contributed by atoms with E-state index in [1.165, 1.54) is 17.5 Å². The van der Waals surface area contributed by atoms with Gasteiger partial charge in [-0.05, 0) is 48.6 Å². The van der Waals surface area contributed by atoms with Crippen molar-refractivity contribution < 1.29 is 4.79 Å². The molecule has 2 aliphatic carbocycles.